The molecule has 4 heteroatoms. The predicted octanol–water partition coefficient (Wildman–Crippen LogP) is 3.74. The number of nitrogens with one attached hydrogen (secondary N) is 1. The van der Waals surface area contributed by atoms with Crippen LogP contribution in [0.2, 0.25) is 0 Å². The number of rotatable bonds is 4. The Kier molecular flexibility index (Phi) is 4.43. The first-order valence-corrected chi connectivity index (χ1v) is 7.26. The van der Waals surface area contributed by atoms with Crippen LogP contribution in [-0.4, -0.2) is 10.9 Å². The summed E-state index contributed by atoms with van der Waals surface area (Å²) in [7, 11) is 0. The summed E-state index contributed by atoms with van der Waals surface area (Å²) in [5.41, 5.74) is 1.77. The molecule has 3 rings (SSSR count). The van der Waals surface area contributed by atoms with Crippen LogP contribution in [0.25, 0.3) is 0 Å². The zero-order valence-electron chi connectivity index (χ0n) is 12.3. The van der Waals surface area contributed by atoms with Gasteiger partial charge in [0.25, 0.3) is 5.91 Å². The van der Waals surface area contributed by atoms with E-state index in [2.05, 4.69) is 10.3 Å². The maximum absolute atomic E-state index is 13.8. The quantitative estimate of drug-likeness (QED) is 0.798. The number of carbonyl (C=O) groups is 1. The van der Waals surface area contributed by atoms with Crippen molar-refractivity contribution in [3.63, 3.8) is 0 Å². The lowest BCUT2D eigenvalue weighted by atomic mass is 9.99. The topological polar surface area (TPSA) is 42.0 Å². The van der Waals surface area contributed by atoms with E-state index in [1.165, 1.54) is 12.1 Å². The van der Waals surface area contributed by atoms with Gasteiger partial charge in [0.2, 0.25) is 0 Å². The van der Waals surface area contributed by atoms with Crippen molar-refractivity contribution in [2.75, 3.05) is 0 Å². The second kappa shape index (κ2) is 6.83. The Bertz CT molecular complexity index is 751. The number of pyridine rings is 1. The van der Waals surface area contributed by atoms with E-state index in [-0.39, 0.29) is 5.56 Å². The van der Waals surface area contributed by atoms with E-state index in [0.29, 0.717) is 0 Å². The Morgan fingerprint density at radius 3 is 2.30 bits per heavy atom. The van der Waals surface area contributed by atoms with Crippen LogP contribution < -0.4 is 5.32 Å². The number of benzene rings is 2. The van der Waals surface area contributed by atoms with Crippen LogP contribution in [0.5, 0.6) is 0 Å². The molecular weight excluding hydrogens is 291 g/mol. The van der Waals surface area contributed by atoms with Gasteiger partial charge in [-0.3, -0.25) is 9.78 Å². The summed E-state index contributed by atoms with van der Waals surface area (Å²) in [6.45, 7) is 0. The summed E-state index contributed by atoms with van der Waals surface area (Å²) in [4.78, 5) is 16.6. The maximum Gasteiger partial charge on any atom is 0.255 e. The molecule has 0 bridgehead atoms. The summed E-state index contributed by atoms with van der Waals surface area (Å²) in [5, 5.41) is 2.89. The third kappa shape index (κ3) is 3.43. The average Bonchev–Trinajstić information content (AvgIpc) is 2.61. The molecule has 0 aliphatic carbocycles. The number of amides is 1. The van der Waals surface area contributed by atoms with E-state index < -0.39 is 17.8 Å². The molecule has 0 saturated carbocycles. The molecule has 1 atom stereocenters. The van der Waals surface area contributed by atoms with Crippen LogP contribution in [0.15, 0.2) is 79.1 Å². The van der Waals surface area contributed by atoms with Gasteiger partial charge >= 0.3 is 0 Å². The van der Waals surface area contributed by atoms with Crippen molar-refractivity contribution < 1.29 is 9.18 Å². The number of hydrogen-bond donors (Lipinski definition) is 1. The molecule has 0 fully saturated rings. The average molecular weight is 306 g/mol. The van der Waals surface area contributed by atoms with Gasteiger partial charge in [-0.25, -0.2) is 4.39 Å². The first kappa shape index (κ1) is 14.9. The lowest BCUT2D eigenvalue weighted by Crippen LogP contribution is -2.30. The standard InChI is InChI=1S/C19H15FN2O/c20-17-11-5-4-10-16(17)19(23)22-18(14-7-2-1-3-8-14)15-9-6-12-21-13-15/h1-13,18H,(H,22,23)/t18-/m0/s1. The molecule has 3 aromatic rings. The predicted molar refractivity (Wildman–Crippen MR) is 86.4 cm³/mol. The van der Waals surface area contributed by atoms with Gasteiger partial charge in [0.1, 0.15) is 5.82 Å². The molecule has 1 amide bonds. The lowest BCUT2D eigenvalue weighted by molar-refractivity contribution is 0.0939. The van der Waals surface area contributed by atoms with Crippen LogP contribution in [0.3, 0.4) is 0 Å². The van der Waals surface area contributed by atoms with E-state index >= 15 is 0 Å². The molecule has 1 N–H and O–H groups in total. The maximum atomic E-state index is 13.8. The van der Waals surface area contributed by atoms with Crippen molar-refractivity contribution in [2.45, 2.75) is 6.04 Å². The molecule has 23 heavy (non-hydrogen) atoms. The van der Waals surface area contributed by atoms with Crippen LogP contribution in [0.4, 0.5) is 4.39 Å². The summed E-state index contributed by atoms with van der Waals surface area (Å²) >= 11 is 0. The van der Waals surface area contributed by atoms with Crippen LogP contribution in [0, 0.1) is 5.82 Å². The molecule has 1 heterocycles. The van der Waals surface area contributed by atoms with E-state index in [1.54, 1.807) is 30.6 Å². The Hall–Kier alpha value is -3.01. The summed E-state index contributed by atoms with van der Waals surface area (Å²) < 4.78 is 13.8. The van der Waals surface area contributed by atoms with Crippen molar-refractivity contribution >= 4 is 5.91 Å². The van der Waals surface area contributed by atoms with Crippen LogP contribution in [-0.2, 0) is 0 Å². The first-order valence-electron chi connectivity index (χ1n) is 7.26. The number of carbonyl (C=O) groups excluding carboxylic acids is 1. The van der Waals surface area contributed by atoms with Gasteiger partial charge in [-0.15, -0.1) is 0 Å². The smallest absolute Gasteiger partial charge is 0.255 e. The fraction of sp³-hybridized carbons (Fsp3) is 0.0526. The Labute approximate surface area is 133 Å². The highest BCUT2D eigenvalue weighted by molar-refractivity contribution is 5.94. The molecular formula is C19H15FN2O. The van der Waals surface area contributed by atoms with E-state index in [4.69, 9.17) is 0 Å². The van der Waals surface area contributed by atoms with Gasteiger partial charge in [-0.05, 0) is 29.3 Å². The minimum Gasteiger partial charge on any atom is -0.341 e. The summed E-state index contributed by atoms with van der Waals surface area (Å²) in [6.07, 6.45) is 3.36. The largest absolute Gasteiger partial charge is 0.341 e. The number of nitrogens with zero attached hydrogens (tertiary/aromatic N) is 1. The second-order valence-electron chi connectivity index (χ2n) is 5.08. The highest BCUT2D eigenvalue weighted by atomic mass is 19.1. The van der Waals surface area contributed by atoms with Gasteiger partial charge in [0.05, 0.1) is 11.6 Å². The molecule has 0 aliphatic rings. The van der Waals surface area contributed by atoms with Crippen LogP contribution >= 0.6 is 0 Å². The van der Waals surface area contributed by atoms with Crippen molar-refractivity contribution in [3.8, 4) is 0 Å². The van der Waals surface area contributed by atoms with E-state index in [1.807, 2.05) is 36.4 Å². The van der Waals surface area contributed by atoms with E-state index in [0.717, 1.165) is 11.1 Å². The fourth-order valence-corrected chi connectivity index (χ4v) is 2.41. The van der Waals surface area contributed by atoms with Crippen molar-refractivity contribution in [1.82, 2.24) is 10.3 Å². The van der Waals surface area contributed by atoms with Crippen molar-refractivity contribution in [1.29, 1.82) is 0 Å². The Morgan fingerprint density at radius 2 is 1.61 bits per heavy atom. The van der Waals surface area contributed by atoms with Crippen molar-refractivity contribution in [3.05, 3.63) is 102 Å². The molecule has 114 valence electrons. The van der Waals surface area contributed by atoms with Crippen molar-refractivity contribution in [2.24, 2.45) is 0 Å². The number of hydrogen-bond acceptors (Lipinski definition) is 2. The van der Waals surface area contributed by atoms with Gasteiger partial charge in [0, 0.05) is 12.4 Å². The molecule has 0 unspecified atom stereocenters. The second-order valence-corrected chi connectivity index (χ2v) is 5.08. The highest BCUT2D eigenvalue weighted by Gasteiger charge is 2.19. The molecule has 2 aromatic carbocycles. The molecule has 0 spiro atoms. The summed E-state index contributed by atoms with van der Waals surface area (Å²) in [6, 6.07) is 18.8. The van der Waals surface area contributed by atoms with Gasteiger partial charge in [-0.1, -0.05) is 48.5 Å². The van der Waals surface area contributed by atoms with Gasteiger partial charge < -0.3 is 5.32 Å². The normalized spacial score (nSPS) is 11.7. The molecule has 1 aromatic heterocycles. The van der Waals surface area contributed by atoms with E-state index in [9.17, 15) is 9.18 Å². The highest BCUT2D eigenvalue weighted by Crippen LogP contribution is 2.22. The molecule has 0 saturated heterocycles. The third-order valence-electron chi connectivity index (χ3n) is 3.54. The Balaban J connectivity index is 1.94. The molecule has 0 aliphatic heterocycles. The number of aromatic nitrogens is 1. The summed E-state index contributed by atoms with van der Waals surface area (Å²) in [5.74, 6) is -0.996. The minimum absolute atomic E-state index is 0.0253. The molecule has 0 radical (unpaired) electrons. The lowest BCUT2D eigenvalue weighted by Gasteiger charge is -2.19. The SMILES string of the molecule is O=C(N[C@@H](c1ccccc1)c1cccnc1)c1ccccc1F. The van der Waals surface area contributed by atoms with Crippen LogP contribution in [0.1, 0.15) is 27.5 Å². The zero-order chi connectivity index (χ0) is 16.1. The fourth-order valence-electron chi connectivity index (χ4n) is 2.41. The monoisotopic (exact) mass is 306 g/mol. The van der Waals surface area contributed by atoms with Gasteiger partial charge in [-0.2, -0.15) is 0 Å². The molecule has 3 nitrogen and oxygen atoms in total. The zero-order valence-corrected chi connectivity index (χ0v) is 12.3. The Morgan fingerprint density at radius 1 is 0.913 bits per heavy atom. The first-order chi connectivity index (χ1) is 11.3. The third-order valence-corrected chi connectivity index (χ3v) is 3.54. The number of halogens is 1. The minimum atomic E-state index is -0.539. The van der Waals surface area contributed by atoms with Gasteiger partial charge in [0.15, 0.2) is 0 Å².